The Morgan fingerprint density at radius 2 is 1.54 bits per heavy atom. The van der Waals surface area contributed by atoms with Gasteiger partial charge in [0.15, 0.2) is 4.90 Å². The molecule has 0 spiro atoms. The number of nitrogens with zero attached hydrogens (tertiary/aromatic N) is 4. The molecule has 3 rings (SSSR count). The molecule has 1 fully saturated rings. The Balaban J connectivity index is 1.94. The Hall–Kier alpha value is -3.02. The predicted molar refractivity (Wildman–Crippen MR) is 159 cm³/mol. The van der Waals surface area contributed by atoms with Crippen LogP contribution in [0, 0.1) is 22.0 Å². The average molecular weight is 589 g/mol. The van der Waals surface area contributed by atoms with Crippen molar-refractivity contribution in [3.8, 4) is 0 Å². The molecule has 2 aromatic carbocycles. The van der Waals surface area contributed by atoms with Crippen molar-refractivity contribution in [2.24, 2.45) is 11.8 Å². The Morgan fingerprint density at radius 3 is 2.07 bits per heavy atom. The number of para-hydroxylation sites is 1. The average Bonchev–Trinajstić information content (AvgIpc) is 3.25. The number of carbonyl (C=O) groups is 1. The molecule has 0 N–H and O–H groups in total. The molecule has 1 amide bonds. The van der Waals surface area contributed by atoms with Crippen LogP contribution in [0.5, 0.6) is 0 Å². The van der Waals surface area contributed by atoms with Crippen LogP contribution in [0.4, 0.5) is 10.5 Å². The predicted octanol–water partition coefficient (Wildman–Crippen LogP) is 5.39. The van der Waals surface area contributed by atoms with E-state index in [0.29, 0.717) is 26.2 Å². The van der Waals surface area contributed by atoms with E-state index < -0.39 is 38.4 Å². The number of nitro groups is 1. The Morgan fingerprint density at radius 1 is 0.976 bits per heavy atom. The quantitative estimate of drug-likeness (QED) is 0.256. The van der Waals surface area contributed by atoms with Gasteiger partial charge >= 0.3 is 6.09 Å². The monoisotopic (exact) mass is 588 g/mol. The van der Waals surface area contributed by atoms with Gasteiger partial charge in [0.1, 0.15) is 5.60 Å². The topological polar surface area (TPSA) is 113 Å². The van der Waals surface area contributed by atoms with Crippen LogP contribution in [0.1, 0.15) is 54.0 Å². The van der Waals surface area contributed by atoms with E-state index in [1.807, 2.05) is 52.8 Å². The molecule has 0 saturated carbocycles. The highest BCUT2D eigenvalue weighted by Gasteiger charge is 2.41. The number of amides is 1. The van der Waals surface area contributed by atoms with Crippen LogP contribution < -0.4 is 0 Å². The van der Waals surface area contributed by atoms with Gasteiger partial charge in [0, 0.05) is 50.9 Å². The molecular formula is C30H44N4O6S. The number of likely N-dealkylation sites (tertiary alicyclic amines) is 1. The molecule has 0 aliphatic carbocycles. The molecule has 1 aliphatic rings. The van der Waals surface area contributed by atoms with E-state index in [9.17, 15) is 23.3 Å². The number of ether oxygens (including phenoxy) is 1. The maximum Gasteiger partial charge on any atom is 0.410 e. The second-order valence-corrected chi connectivity index (χ2v) is 14.2. The summed E-state index contributed by atoms with van der Waals surface area (Å²) >= 11 is 0. The van der Waals surface area contributed by atoms with Gasteiger partial charge in [-0.05, 0) is 71.9 Å². The molecule has 0 unspecified atom stereocenters. The minimum atomic E-state index is -4.18. The van der Waals surface area contributed by atoms with Crippen molar-refractivity contribution in [2.45, 2.75) is 77.6 Å². The number of nitro benzene ring substituents is 1. The molecule has 1 aliphatic heterocycles. The lowest BCUT2D eigenvalue weighted by atomic mass is 9.94. The SMILES string of the molecule is CC(C)N(C[C@@H]1CN(Cc2ccccc2)C[C@H]1CN(C(C)C)S(=O)(=O)c1ccccc1[N+](=O)[O-])C(=O)OC(C)(C)C. The van der Waals surface area contributed by atoms with E-state index in [2.05, 4.69) is 17.0 Å². The van der Waals surface area contributed by atoms with Gasteiger partial charge < -0.3 is 9.64 Å². The van der Waals surface area contributed by atoms with E-state index in [1.165, 1.54) is 28.6 Å². The lowest BCUT2D eigenvalue weighted by Gasteiger charge is -2.35. The molecule has 41 heavy (non-hydrogen) atoms. The van der Waals surface area contributed by atoms with Crippen molar-refractivity contribution in [3.63, 3.8) is 0 Å². The van der Waals surface area contributed by atoms with Gasteiger partial charge in [0.25, 0.3) is 5.69 Å². The highest BCUT2D eigenvalue weighted by atomic mass is 32.2. The molecule has 2 atom stereocenters. The first kappa shape index (κ1) is 32.5. The molecular weight excluding hydrogens is 544 g/mol. The summed E-state index contributed by atoms with van der Waals surface area (Å²) in [5, 5.41) is 11.7. The number of benzene rings is 2. The molecule has 10 nitrogen and oxygen atoms in total. The summed E-state index contributed by atoms with van der Waals surface area (Å²) in [5.41, 5.74) is 0.0571. The third kappa shape index (κ3) is 8.50. The lowest BCUT2D eigenvalue weighted by molar-refractivity contribution is -0.387. The van der Waals surface area contributed by atoms with Crippen LogP contribution in [0.3, 0.4) is 0 Å². The van der Waals surface area contributed by atoms with Gasteiger partial charge in [-0.2, -0.15) is 4.31 Å². The van der Waals surface area contributed by atoms with Crippen molar-refractivity contribution in [1.82, 2.24) is 14.1 Å². The third-order valence-electron chi connectivity index (χ3n) is 7.22. The van der Waals surface area contributed by atoms with Crippen molar-refractivity contribution in [3.05, 3.63) is 70.3 Å². The van der Waals surface area contributed by atoms with Crippen molar-refractivity contribution in [2.75, 3.05) is 26.2 Å². The van der Waals surface area contributed by atoms with Gasteiger partial charge in [0.05, 0.1) is 4.92 Å². The highest BCUT2D eigenvalue weighted by Crippen LogP contribution is 2.33. The zero-order valence-electron chi connectivity index (χ0n) is 25.2. The van der Waals surface area contributed by atoms with Gasteiger partial charge in [0.2, 0.25) is 10.0 Å². The standard InChI is InChI=1S/C30H44N4O6S/c1-22(2)32(29(35)40-30(5,6)7)20-25-18-31(17-24-13-9-8-10-14-24)19-26(25)21-33(23(3)4)41(38,39)28-16-12-11-15-27(28)34(36)37/h8-16,22-23,25-26H,17-21H2,1-7H3/t25-,26-/m0/s1. The minimum Gasteiger partial charge on any atom is -0.444 e. The Kier molecular flexibility index (Phi) is 10.5. The van der Waals surface area contributed by atoms with Crippen LogP contribution >= 0.6 is 0 Å². The van der Waals surface area contributed by atoms with Gasteiger partial charge in [-0.25, -0.2) is 13.2 Å². The zero-order chi connectivity index (χ0) is 30.5. The second kappa shape index (κ2) is 13.3. The fraction of sp³-hybridized carbons (Fsp3) is 0.567. The Labute approximate surface area is 244 Å². The van der Waals surface area contributed by atoms with Crippen molar-refractivity contribution in [1.29, 1.82) is 0 Å². The van der Waals surface area contributed by atoms with Crippen molar-refractivity contribution < 1.29 is 22.9 Å². The normalized spacial score (nSPS) is 18.3. The summed E-state index contributed by atoms with van der Waals surface area (Å²) in [4.78, 5) is 27.9. The van der Waals surface area contributed by atoms with Crippen LogP contribution in [0.15, 0.2) is 59.5 Å². The van der Waals surface area contributed by atoms with E-state index in [0.717, 1.165) is 5.56 Å². The zero-order valence-corrected chi connectivity index (χ0v) is 26.0. The van der Waals surface area contributed by atoms with E-state index in [4.69, 9.17) is 4.74 Å². The number of hydrogen-bond acceptors (Lipinski definition) is 7. The molecule has 0 bridgehead atoms. The summed E-state index contributed by atoms with van der Waals surface area (Å²) in [6.07, 6.45) is -0.402. The molecule has 2 aromatic rings. The van der Waals surface area contributed by atoms with Gasteiger partial charge in [-0.1, -0.05) is 42.5 Å². The van der Waals surface area contributed by atoms with Gasteiger partial charge in [-0.3, -0.25) is 15.0 Å². The third-order valence-corrected chi connectivity index (χ3v) is 9.31. The van der Waals surface area contributed by atoms with Crippen molar-refractivity contribution >= 4 is 21.8 Å². The second-order valence-electron chi connectivity index (χ2n) is 12.3. The smallest absolute Gasteiger partial charge is 0.410 e. The highest BCUT2D eigenvalue weighted by molar-refractivity contribution is 7.89. The number of rotatable bonds is 11. The fourth-order valence-corrected chi connectivity index (χ4v) is 7.11. The Bertz CT molecular complexity index is 1290. The van der Waals surface area contributed by atoms with Crippen LogP contribution in [-0.2, 0) is 21.3 Å². The number of hydrogen-bond donors (Lipinski definition) is 0. The fourth-order valence-electron chi connectivity index (χ4n) is 5.26. The first-order chi connectivity index (χ1) is 19.1. The molecule has 226 valence electrons. The lowest BCUT2D eigenvalue weighted by Crippen LogP contribution is -2.47. The van der Waals surface area contributed by atoms with E-state index >= 15 is 0 Å². The summed E-state index contributed by atoms with van der Waals surface area (Å²) in [5.74, 6) is -0.168. The van der Waals surface area contributed by atoms with Gasteiger partial charge in [-0.15, -0.1) is 0 Å². The first-order valence-corrected chi connectivity index (χ1v) is 15.5. The summed E-state index contributed by atoms with van der Waals surface area (Å²) in [6.45, 7) is 15.5. The largest absolute Gasteiger partial charge is 0.444 e. The maximum absolute atomic E-state index is 13.9. The molecule has 1 saturated heterocycles. The molecule has 11 heteroatoms. The number of sulfonamides is 1. The van der Waals surface area contributed by atoms with Crippen LogP contribution in [-0.4, -0.2) is 77.4 Å². The van der Waals surface area contributed by atoms with E-state index in [1.54, 1.807) is 18.7 Å². The molecule has 0 radical (unpaired) electrons. The molecule has 1 heterocycles. The van der Waals surface area contributed by atoms with Crippen LogP contribution in [0.2, 0.25) is 0 Å². The van der Waals surface area contributed by atoms with Crippen LogP contribution in [0.25, 0.3) is 0 Å². The first-order valence-electron chi connectivity index (χ1n) is 14.1. The maximum atomic E-state index is 13.9. The minimum absolute atomic E-state index is 0.0455. The number of carbonyl (C=O) groups excluding carboxylic acids is 1. The summed E-state index contributed by atoms with van der Waals surface area (Å²) in [7, 11) is -4.18. The summed E-state index contributed by atoms with van der Waals surface area (Å²) in [6, 6.07) is 15.0. The molecule has 0 aromatic heterocycles. The van der Waals surface area contributed by atoms with E-state index in [-0.39, 0.29) is 29.3 Å². The summed E-state index contributed by atoms with van der Waals surface area (Å²) < 4.78 is 34.8.